The molecule has 1 unspecified atom stereocenters. The molecule has 5 nitrogen and oxygen atoms in total. The summed E-state index contributed by atoms with van der Waals surface area (Å²) in [6.45, 7) is 1.62. The second kappa shape index (κ2) is 6.49. The summed E-state index contributed by atoms with van der Waals surface area (Å²) in [5.41, 5.74) is 8.64. The molecule has 0 radical (unpaired) electrons. The van der Waals surface area contributed by atoms with Gasteiger partial charge in [-0.15, -0.1) is 0 Å². The first kappa shape index (κ1) is 14.4. The van der Waals surface area contributed by atoms with Crippen LogP contribution in [0.25, 0.3) is 0 Å². The summed E-state index contributed by atoms with van der Waals surface area (Å²) < 4.78 is 5.84. The van der Waals surface area contributed by atoms with Crippen molar-refractivity contribution in [3.63, 3.8) is 0 Å². The van der Waals surface area contributed by atoms with Crippen molar-refractivity contribution >= 4 is 17.7 Å². The van der Waals surface area contributed by atoms with Gasteiger partial charge in [0.2, 0.25) is 0 Å². The first-order valence-electron chi connectivity index (χ1n) is 7.31. The van der Waals surface area contributed by atoms with E-state index in [0.29, 0.717) is 19.7 Å². The third-order valence-corrected chi connectivity index (χ3v) is 3.67. The van der Waals surface area contributed by atoms with Gasteiger partial charge in [-0.3, -0.25) is 4.79 Å². The molecule has 0 aliphatic carbocycles. The minimum absolute atomic E-state index is 0.358. The van der Waals surface area contributed by atoms with Gasteiger partial charge in [0, 0.05) is 19.2 Å². The average Bonchev–Trinajstić information content (AvgIpc) is 2.92. The van der Waals surface area contributed by atoms with Crippen molar-refractivity contribution in [3.05, 3.63) is 54.1 Å². The lowest BCUT2D eigenvalue weighted by Gasteiger charge is -2.22. The van der Waals surface area contributed by atoms with Crippen molar-refractivity contribution in [3.8, 4) is 5.75 Å². The zero-order valence-electron chi connectivity index (χ0n) is 12.2. The molecule has 3 rings (SSSR count). The second-order valence-corrected chi connectivity index (χ2v) is 5.16. The molecule has 0 saturated carbocycles. The highest BCUT2D eigenvalue weighted by molar-refractivity contribution is 5.85. The lowest BCUT2D eigenvalue weighted by Crippen LogP contribution is -2.40. The van der Waals surface area contributed by atoms with Crippen molar-refractivity contribution in [2.75, 3.05) is 23.3 Å². The number of ether oxygens (including phenoxy) is 1. The first-order chi connectivity index (χ1) is 10.8. The summed E-state index contributed by atoms with van der Waals surface area (Å²) in [6, 6.07) is 15.8. The molecule has 2 aromatic carbocycles. The number of nitrogens with two attached hydrogens (primary N) is 1. The molecule has 0 fully saturated rings. The molecule has 2 aromatic rings. The van der Waals surface area contributed by atoms with Crippen molar-refractivity contribution in [1.82, 2.24) is 0 Å². The minimum atomic E-state index is -0.358. The van der Waals surface area contributed by atoms with Crippen molar-refractivity contribution in [2.24, 2.45) is 5.73 Å². The van der Waals surface area contributed by atoms with Crippen LogP contribution in [0.2, 0.25) is 0 Å². The minimum Gasteiger partial charge on any atom is -0.489 e. The van der Waals surface area contributed by atoms with E-state index in [-0.39, 0.29) is 6.17 Å². The Hall–Kier alpha value is -2.53. The van der Waals surface area contributed by atoms with E-state index in [0.717, 1.165) is 29.0 Å². The highest BCUT2D eigenvalue weighted by atomic mass is 16.5. The maximum Gasteiger partial charge on any atom is 0.162 e. The third kappa shape index (κ3) is 2.89. The quantitative estimate of drug-likeness (QED) is 0.798. The predicted molar refractivity (Wildman–Crippen MR) is 87.1 cm³/mol. The zero-order valence-corrected chi connectivity index (χ0v) is 12.2. The van der Waals surface area contributed by atoms with Gasteiger partial charge in [-0.25, -0.2) is 0 Å². The van der Waals surface area contributed by atoms with Gasteiger partial charge in [-0.2, -0.15) is 0 Å². The van der Waals surface area contributed by atoms with Crippen LogP contribution in [0.1, 0.15) is 5.56 Å². The molecule has 5 heteroatoms. The molecular formula is C17H19N3O2. The van der Waals surface area contributed by atoms with E-state index in [1.807, 2.05) is 53.4 Å². The summed E-state index contributed by atoms with van der Waals surface area (Å²) in [5.74, 6) is 0.776. The van der Waals surface area contributed by atoms with Gasteiger partial charge in [-0.05, 0) is 17.7 Å². The molecule has 0 spiro atoms. The van der Waals surface area contributed by atoms with Gasteiger partial charge in [0.1, 0.15) is 12.4 Å². The summed E-state index contributed by atoms with van der Waals surface area (Å²) >= 11 is 0. The highest BCUT2D eigenvalue weighted by Gasteiger charge is 2.27. The summed E-state index contributed by atoms with van der Waals surface area (Å²) in [7, 11) is 0. The van der Waals surface area contributed by atoms with Gasteiger partial charge in [0.05, 0.1) is 11.4 Å². The van der Waals surface area contributed by atoms with E-state index in [4.69, 9.17) is 10.5 Å². The SMILES string of the molecule is NCCN1c2cc(OCc3ccccc3)ccc2NC1C=O. The molecule has 0 aromatic heterocycles. The Labute approximate surface area is 129 Å². The Balaban J connectivity index is 1.76. The first-order valence-corrected chi connectivity index (χ1v) is 7.31. The highest BCUT2D eigenvalue weighted by Crippen LogP contribution is 2.36. The number of carbonyl (C=O) groups is 1. The standard InChI is InChI=1S/C17H19N3O2/c18-8-9-20-16-10-14(6-7-15(16)19-17(20)11-21)22-12-13-4-2-1-3-5-13/h1-7,10-11,17,19H,8-9,12,18H2. The Morgan fingerprint density at radius 1 is 1.23 bits per heavy atom. The Bertz CT molecular complexity index is 646. The molecule has 114 valence electrons. The van der Waals surface area contributed by atoms with E-state index >= 15 is 0 Å². The summed E-state index contributed by atoms with van der Waals surface area (Å²) in [4.78, 5) is 13.1. The predicted octanol–water partition coefficient (Wildman–Crippen LogP) is 1.98. The molecular weight excluding hydrogens is 278 g/mol. The van der Waals surface area contributed by atoms with Crippen molar-refractivity contribution in [2.45, 2.75) is 12.8 Å². The molecule has 22 heavy (non-hydrogen) atoms. The number of fused-ring (bicyclic) bond motifs is 1. The maximum absolute atomic E-state index is 11.2. The van der Waals surface area contributed by atoms with Gasteiger partial charge in [0.15, 0.2) is 12.5 Å². The van der Waals surface area contributed by atoms with Crippen LogP contribution < -0.4 is 20.7 Å². The summed E-state index contributed by atoms with van der Waals surface area (Å²) in [5, 5.41) is 3.17. The Morgan fingerprint density at radius 2 is 2.05 bits per heavy atom. The average molecular weight is 297 g/mol. The number of rotatable bonds is 6. The van der Waals surface area contributed by atoms with Crippen LogP contribution >= 0.6 is 0 Å². The fourth-order valence-electron chi connectivity index (χ4n) is 2.60. The van der Waals surface area contributed by atoms with Crippen LogP contribution in [-0.4, -0.2) is 25.5 Å². The fraction of sp³-hybridized carbons (Fsp3) is 0.235. The fourth-order valence-corrected chi connectivity index (χ4v) is 2.60. The lowest BCUT2D eigenvalue weighted by atomic mass is 10.2. The van der Waals surface area contributed by atoms with Crippen LogP contribution in [0.15, 0.2) is 48.5 Å². The number of benzene rings is 2. The number of aldehydes is 1. The van der Waals surface area contributed by atoms with Gasteiger partial charge < -0.3 is 20.7 Å². The normalized spacial score (nSPS) is 16.0. The number of hydrogen-bond acceptors (Lipinski definition) is 5. The summed E-state index contributed by atoms with van der Waals surface area (Å²) in [6.07, 6.45) is 0.531. The molecule has 1 aliphatic rings. The Morgan fingerprint density at radius 3 is 2.77 bits per heavy atom. The monoisotopic (exact) mass is 297 g/mol. The zero-order chi connectivity index (χ0) is 15.4. The molecule has 1 aliphatic heterocycles. The third-order valence-electron chi connectivity index (χ3n) is 3.67. The van der Waals surface area contributed by atoms with E-state index in [1.165, 1.54) is 0 Å². The number of nitrogens with one attached hydrogen (secondary N) is 1. The van der Waals surface area contributed by atoms with Gasteiger partial charge in [-0.1, -0.05) is 30.3 Å². The molecule has 0 bridgehead atoms. The number of anilines is 2. The van der Waals surface area contributed by atoms with E-state index < -0.39 is 0 Å². The van der Waals surface area contributed by atoms with Crippen LogP contribution in [0.5, 0.6) is 5.75 Å². The number of carbonyl (C=O) groups excluding carboxylic acids is 1. The molecule has 3 N–H and O–H groups in total. The van der Waals surface area contributed by atoms with E-state index in [2.05, 4.69) is 5.32 Å². The van der Waals surface area contributed by atoms with Crippen LogP contribution in [0.4, 0.5) is 11.4 Å². The maximum atomic E-state index is 11.2. The van der Waals surface area contributed by atoms with E-state index in [9.17, 15) is 4.79 Å². The molecule has 1 heterocycles. The van der Waals surface area contributed by atoms with Crippen molar-refractivity contribution < 1.29 is 9.53 Å². The molecule has 0 saturated heterocycles. The van der Waals surface area contributed by atoms with Gasteiger partial charge in [0.25, 0.3) is 0 Å². The molecule has 0 amide bonds. The smallest absolute Gasteiger partial charge is 0.162 e. The second-order valence-electron chi connectivity index (χ2n) is 5.16. The largest absolute Gasteiger partial charge is 0.489 e. The molecule has 1 atom stereocenters. The lowest BCUT2D eigenvalue weighted by molar-refractivity contribution is -0.108. The Kier molecular flexibility index (Phi) is 4.25. The van der Waals surface area contributed by atoms with Gasteiger partial charge >= 0.3 is 0 Å². The van der Waals surface area contributed by atoms with E-state index in [1.54, 1.807) is 0 Å². The van der Waals surface area contributed by atoms with Crippen LogP contribution in [0, 0.1) is 0 Å². The van der Waals surface area contributed by atoms with Crippen LogP contribution in [0.3, 0.4) is 0 Å². The van der Waals surface area contributed by atoms with Crippen LogP contribution in [-0.2, 0) is 11.4 Å². The number of hydrogen-bond donors (Lipinski definition) is 2. The topological polar surface area (TPSA) is 67.6 Å². The van der Waals surface area contributed by atoms with Crippen molar-refractivity contribution in [1.29, 1.82) is 0 Å². The number of nitrogens with zero attached hydrogens (tertiary/aromatic N) is 1.